The van der Waals surface area contributed by atoms with Gasteiger partial charge in [0.15, 0.2) is 0 Å². The number of nitro benzene ring substituents is 1. The Hall–Kier alpha value is -3.69. The second-order valence-electron chi connectivity index (χ2n) is 9.02. The number of nitrogens with zero attached hydrogens (tertiary/aromatic N) is 2. The maximum absolute atomic E-state index is 13.5. The number of dihydropyridines is 1. The van der Waals surface area contributed by atoms with Gasteiger partial charge in [0.2, 0.25) is 0 Å². The van der Waals surface area contributed by atoms with Crippen LogP contribution in [0.5, 0.6) is 0 Å². The van der Waals surface area contributed by atoms with E-state index in [2.05, 4.69) is 22.3 Å². The van der Waals surface area contributed by atoms with E-state index in [0.717, 1.165) is 13.1 Å². The zero-order valence-corrected chi connectivity index (χ0v) is 21.7. The average molecular weight is 528 g/mol. The molecule has 4 rings (SSSR count). The van der Waals surface area contributed by atoms with Crippen molar-refractivity contribution >= 4 is 30.0 Å². The first-order valence-corrected chi connectivity index (χ1v) is 11.8. The number of ether oxygens (including phenoxy) is 2. The van der Waals surface area contributed by atoms with Gasteiger partial charge < -0.3 is 14.8 Å². The van der Waals surface area contributed by atoms with Gasteiger partial charge in [-0.2, -0.15) is 0 Å². The zero-order chi connectivity index (χ0) is 25.8. The largest absolute Gasteiger partial charge is 0.466 e. The predicted molar refractivity (Wildman–Crippen MR) is 140 cm³/mol. The van der Waals surface area contributed by atoms with Gasteiger partial charge in [-0.15, -0.1) is 12.4 Å². The molecule has 0 spiro atoms. The van der Waals surface area contributed by atoms with E-state index in [-0.39, 0.29) is 35.3 Å². The van der Waals surface area contributed by atoms with E-state index in [4.69, 9.17) is 9.47 Å². The van der Waals surface area contributed by atoms with Gasteiger partial charge in [-0.05, 0) is 31.4 Å². The first-order chi connectivity index (χ1) is 17.3. The van der Waals surface area contributed by atoms with Crippen molar-refractivity contribution in [3.05, 3.63) is 98.4 Å². The summed E-state index contributed by atoms with van der Waals surface area (Å²) in [4.78, 5) is 39.5. The second-order valence-corrected chi connectivity index (χ2v) is 9.02. The van der Waals surface area contributed by atoms with Crippen LogP contribution >= 0.6 is 12.4 Å². The van der Waals surface area contributed by atoms with Crippen molar-refractivity contribution in [3.63, 3.8) is 0 Å². The first-order valence-electron chi connectivity index (χ1n) is 11.8. The van der Waals surface area contributed by atoms with Crippen LogP contribution in [0.3, 0.4) is 0 Å². The molecule has 2 aliphatic rings. The molecule has 1 saturated heterocycles. The van der Waals surface area contributed by atoms with Crippen LogP contribution in [-0.4, -0.2) is 48.1 Å². The number of esters is 2. The minimum atomic E-state index is -0.868. The normalized spacial score (nSPS) is 19.6. The third-order valence-electron chi connectivity index (χ3n) is 6.55. The molecule has 2 aromatic rings. The third kappa shape index (κ3) is 6.18. The van der Waals surface area contributed by atoms with Gasteiger partial charge in [0.25, 0.3) is 5.69 Å². The number of nitrogens with one attached hydrogen (secondary N) is 1. The van der Waals surface area contributed by atoms with Crippen molar-refractivity contribution in [2.75, 3.05) is 20.2 Å². The van der Waals surface area contributed by atoms with Crippen LogP contribution in [0.4, 0.5) is 5.69 Å². The van der Waals surface area contributed by atoms with Crippen molar-refractivity contribution in [1.82, 2.24) is 10.2 Å². The van der Waals surface area contributed by atoms with Crippen LogP contribution in [0.15, 0.2) is 77.1 Å². The monoisotopic (exact) mass is 527 g/mol. The Kier molecular flexibility index (Phi) is 9.07. The van der Waals surface area contributed by atoms with Crippen LogP contribution in [0.2, 0.25) is 0 Å². The third-order valence-corrected chi connectivity index (χ3v) is 6.55. The lowest BCUT2D eigenvalue weighted by molar-refractivity contribution is -0.384. The molecule has 0 amide bonds. The molecule has 2 heterocycles. The number of likely N-dealkylation sites (tertiary alicyclic amines) is 1. The van der Waals surface area contributed by atoms with Gasteiger partial charge >= 0.3 is 11.9 Å². The Bertz CT molecular complexity index is 1240. The molecule has 0 bridgehead atoms. The fourth-order valence-corrected chi connectivity index (χ4v) is 4.89. The fraction of sp³-hybridized carbons (Fsp3) is 0.333. The van der Waals surface area contributed by atoms with Gasteiger partial charge in [-0.25, -0.2) is 9.59 Å². The standard InChI is InChI=1S/C27H29N3O6.ClH/c1-17-23(26(31)35-3)25(20-10-7-11-21(14-20)30(33)34)24(18(2)28-17)27(32)36-22-12-13-29(16-22)15-19-8-5-4-6-9-19;/h4-11,14,22,25,28H,12-13,15-16H2,1-3H3;1H/t22-,25+;/m0./s1. The Labute approximate surface area is 221 Å². The van der Waals surface area contributed by atoms with Gasteiger partial charge in [0.1, 0.15) is 6.10 Å². The SMILES string of the molecule is COC(=O)C1=C(C)NC(C)=C(C(=O)O[C@H]2CCN(Cc3ccccc3)C2)[C@@H]1c1cccc([N+](=O)[O-])c1.Cl. The molecule has 1 N–H and O–H groups in total. The van der Waals surface area contributed by atoms with Crippen LogP contribution in [0.1, 0.15) is 37.3 Å². The Morgan fingerprint density at radius 2 is 1.73 bits per heavy atom. The molecule has 0 aromatic heterocycles. The van der Waals surface area contributed by atoms with Crippen molar-refractivity contribution in [1.29, 1.82) is 0 Å². The quantitative estimate of drug-likeness (QED) is 0.323. The summed E-state index contributed by atoms with van der Waals surface area (Å²) < 4.78 is 10.9. The number of carbonyl (C=O) groups is 2. The fourth-order valence-electron chi connectivity index (χ4n) is 4.89. The molecule has 2 aliphatic heterocycles. The summed E-state index contributed by atoms with van der Waals surface area (Å²) in [7, 11) is 1.26. The lowest BCUT2D eigenvalue weighted by Gasteiger charge is -2.30. The summed E-state index contributed by atoms with van der Waals surface area (Å²) in [5.74, 6) is -2.05. The van der Waals surface area contributed by atoms with E-state index in [9.17, 15) is 19.7 Å². The molecule has 0 saturated carbocycles. The highest BCUT2D eigenvalue weighted by molar-refractivity contribution is 6.00. The molecule has 2 atom stereocenters. The Balaban J connectivity index is 0.00000380. The van der Waals surface area contributed by atoms with Crippen LogP contribution in [0, 0.1) is 10.1 Å². The molecular weight excluding hydrogens is 498 g/mol. The van der Waals surface area contributed by atoms with Crippen molar-refractivity contribution in [3.8, 4) is 0 Å². The van der Waals surface area contributed by atoms with E-state index in [1.165, 1.54) is 30.9 Å². The maximum atomic E-state index is 13.5. The average Bonchev–Trinajstić information content (AvgIpc) is 3.30. The second kappa shape index (κ2) is 12.0. The number of nitro groups is 1. The molecule has 10 heteroatoms. The topological polar surface area (TPSA) is 111 Å². The molecule has 196 valence electrons. The molecular formula is C27H30ClN3O6. The predicted octanol–water partition coefficient (Wildman–Crippen LogP) is 4.24. The summed E-state index contributed by atoms with van der Waals surface area (Å²) in [6.07, 6.45) is 0.388. The number of allylic oxidation sites excluding steroid dienone is 2. The highest BCUT2D eigenvalue weighted by Crippen LogP contribution is 2.40. The highest BCUT2D eigenvalue weighted by Gasteiger charge is 2.39. The molecule has 37 heavy (non-hydrogen) atoms. The molecule has 2 aromatic carbocycles. The summed E-state index contributed by atoms with van der Waals surface area (Å²) in [6, 6.07) is 16.0. The number of benzene rings is 2. The van der Waals surface area contributed by atoms with Gasteiger partial charge in [-0.1, -0.05) is 42.5 Å². The van der Waals surface area contributed by atoms with Crippen molar-refractivity contribution in [2.24, 2.45) is 0 Å². The lowest BCUT2D eigenvalue weighted by Crippen LogP contribution is -2.34. The first kappa shape index (κ1) is 27.9. The van der Waals surface area contributed by atoms with E-state index >= 15 is 0 Å². The van der Waals surface area contributed by atoms with Crippen LogP contribution in [0.25, 0.3) is 0 Å². The van der Waals surface area contributed by atoms with E-state index in [0.29, 0.717) is 29.9 Å². The smallest absolute Gasteiger partial charge is 0.337 e. The zero-order valence-electron chi connectivity index (χ0n) is 20.9. The number of methoxy groups -OCH3 is 1. The molecule has 0 aliphatic carbocycles. The Morgan fingerprint density at radius 1 is 1.05 bits per heavy atom. The minimum Gasteiger partial charge on any atom is -0.466 e. The van der Waals surface area contributed by atoms with Crippen LogP contribution in [-0.2, 0) is 25.6 Å². The number of hydrogen-bond acceptors (Lipinski definition) is 8. The lowest BCUT2D eigenvalue weighted by atomic mass is 9.80. The molecule has 9 nitrogen and oxygen atoms in total. The summed E-state index contributed by atoms with van der Waals surface area (Å²) in [5, 5.41) is 14.5. The number of hydrogen-bond donors (Lipinski definition) is 1. The van der Waals surface area contributed by atoms with Gasteiger partial charge in [0.05, 0.1) is 29.1 Å². The summed E-state index contributed by atoms with van der Waals surface area (Å²) in [5.41, 5.74) is 2.99. The van der Waals surface area contributed by atoms with E-state index < -0.39 is 22.8 Å². The molecule has 0 unspecified atom stereocenters. The molecule has 0 radical (unpaired) electrons. The minimum absolute atomic E-state index is 0. The summed E-state index contributed by atoms with van der Waals surface area (Å²) in [6.45, 7) is 5.60. The number of rotatable bonds is 7. The number of non-ortho nitro benzene ring substituents is 1. The van der Waals surface area contributed by atoms with Gasteiger partial charge in [0, 0.05) is 43.2 Å². The number of halogens is 1. The maximum Gasteiger partial charge on any atom is 0.337 e. The number of carbonyl (C=O) groups excluding carboxylic acids is 2. The highest BCUT2D eigenvalue weighted by atomic mass is 35.5. The van der Waals surface area contributed by atoms with E-state index in [1.807, 2.05) is 18.2 Å². The van der Waals surface area contributed by atoms with E-state index in [1.54, 1.807) is 19.9 Å². The summed E-state index contributed by atoms with van der Waals surface area (Å²) >= 11 is 0. The Morgan fingerprint density at radius 3 is 2.38 bits per heavy atom. The molecule has 1 fully saturated rings. The van der Waals surface area contributed by atoms with Crippen LogP contribution < -0.4 is 5.32 Å². The van der Waals surface area contributed by atoms with Crippen molar-refractivity contribution < 1.29 is 24.0 Å². The van der Waals surface area contributed by atoms with Gasteiger partial charge in [-0.3, -0.25) is 15.0 Å². The van der Waals surface area contributed by atoms with Crippen molar-refractivity contribution in [2.45, 2.75) is 38.8 Å².